The van der Waals surface area contributed by atoms with Gasteiger partial charge in [-0.1, -0.05) is 29.8 Å². The molecule has 10 heteroatoms. The first-order chi connectivity index (χ1) is 14.0. The summed E-state index contributed by atoms with van der Waals surface area (Å²) in [4.78, 5) is 24.0. The molecule has 0 unspecified atom stereocenters. The van der Waals surface area contributed by atoms with E-state index < -0.39 is 11.9 Å². The first-order valence-corrected chi connectivity index (χ1v) is 9.41. The lowest BCUT2D eigenvalue weighted by molar-refractivity contribution is -0.132. The maximum Gasteiger partial charge on any atom is 0.343 e. The number of rotatable bonds is 5. The van der Waals surface area contributed by atoms with Gasteiger partial charge in [-0.15, -0.1) is 10.2 Å². The number of anilines is 1. The molecule has 29 heavy (non-hydrogen) atoms. The summed E-state index contributed by atoms with van der Waals surface area (Å²) in [6.07, 6.45) is 0. The lowest BCUT2D eigenvalue weighted by Crippen LogP contribution is -2.09. The molecule has 1 amide bonds. The molecule has 0 radical (unpaired) electrons. The Morgan fingerprint density at radius 2 is 2.00 bits per heavy atom. The first-order valence-electron chi connectivity index (χ1n) is 8.21. The molecule has 1 aliphatic rings. The predicted molar refractivity (Wildman–Crippen MR) is 107 cm³/mol. The van der Waals surface area contributed by atoms with E-state index in [0.29, 0.717) is 39.3 Å². The van der Waals surface area contributed by atoms with Gasteiger partial charge in [-0.3, -0.25) is 4.79 Å². The van der Waals surface area contributed by atoms with Crippen molar-refractivity contribution in [3.05, 3.63) is 58.0 Å². The molecule has 0 fully saturated rings. The Kier molecular flexibility index (Phi) is 4.99. The Hall–Kier alpha value is -3.30. The van der Waals surface area contributed by atoms with Gasteiger partial charge in [0.05, 0.1) is 18.2 Å². The number of thioether (sulfide) groups is 1. The van der Waals surface area contributed by atoms with E-state index in [1.807, 2.05) is 0 Å². The van der Waals surface area contributed by atoms with Crippen LogP contribution in [0.3, 0.4) is 0 Å². The van der Waals surface area contributed by atoms with Crippen LogP contribution in [0.1, 0.15) is 5.56 Å². The summed E-state index contributed by atoms with van der Waals surface area (Å²) in [6, 6.07) is 11.7. The van der Waals surface area contributed by atoms with Crippen LogP contribution in [0.25, 0.3) is 17.0 Å². The number of para-hydroxylation sites is 1. The molecular weight excluding hydrogens is 418 g/mol. The number of fused-ring (bicyclic) bond motifs is 1. The number of carbonyl (C=O) groups excluding carboxylic acids is 1. The van der Waals surface area contributed by atoms with E-state index in [9.17, 15) is 14.7 Å². The number of hydrogen-bond donors (Lipinski definition) is 2. The van der Waals surface area contributed by atoms with Crippen LogP contribution in [0.4, 0.5) is 5.69 Å². The number of methoxy groups -OCH3 is 1. The number of hydrogen-bond acceptors (Lipinski definition) is 7. The molecule has 3 aromatic rings. The molecule has 2 aromatic carbocycles. The van der Waals surface area contributed by atoms with Gasteiger partial charge < -0.3 is 19.6 Å². The van der Waals surface area contributed by atoms with Gasteiger partial charge >= 0.3 is 5.97 Å². The van der Waals surface area contributed by atoms with Gasteiger partial charge in [-0.25, -0.2) is 4.79 Å². The monoisotopic (exact) mass is 429 g/mol. The van der Waals surface area contributed by atoms with Gasteiger partial charge in [0.25, 0.3) is 17.0 Å². The average molecular weight is 430 g/mol. The molecule has 0 saturated heterocycles. The summed E-state index contributed by atoms with van der Waals surface area (Å²) in [7, 11) is 1.49. The van der Waals surface area contributed by atoms with Crippen molar-refractivity contribution in [1.29, 1.82) is 0 Å². The highest BCUT2D eigenvalue weighted by Crippen LogP contribution is 2.40. The summed E-state index contributed by atoms with van der Waals surface area (Å²) < 4.78 is 10.9. The third-order valence-corrected chi connectivity index (χ3v) is 5.24. The fourth-order valence-electron chi connectivity index (χ4n) is 2.84. The highest BCUT2D eigenvalue weighted by molar-refractivity contribution is 8.04. The van der Waals surface area contributed by atoms with Crippen molar-refractivity contribution in [2.24, 2.45) is 0 Å². The largest absolute Gasteiger partial charge is 0.496 e. The van der Waals surface area contributed by atoms with Crippen molar-refractivity contribution >= 4 is 46.5 Å². The number of halogens is 1. The molecule has 0 saturated carbocycles. The van der Waals surface area contributed by atoms with E-state index in [4.69, 9.17) is 20.8 Å². The standard InChI is InChI=1S/C19H12ClN3O5S/c1-27-13-7-6-9(20)8-11(13)17-22-23-19(28-17)29-15(18(25)26)14-10-4-2-3-5-12(10)21-16(14)24/h2-8H,1H3,(H,21,24)(H,25,26)/b15-14+. The van der Waals surface area contributed by atoms with Gasteiger partial charge in [-0.05, 0) is 36.0 Å². The molecule has 146 valence electrons. The van der Waals surface area contributed by atoms with E-state index in [1.165, 1.54) is 7.11 Å². The summed E-state index contributed by atoms with van der Waals surface area (Å²) in [5.74, 6) is -1.21. The van der Waals surface area contributed by atoms with Crippen LogP contribution in [0.15, 0.2) is 57.0 Å². The SMILES string of the molecule is COc1ccc(Cl)cc1-c1nnc(S/C(C(=O)O)=C2/C(=O)Nc3ccccc32)o1. The zero-order valence-electron chi connectivity index (χ0n) is 14.8. The number of aromatic nitrogens is 2. The second-order valence-electron chi connectivity index (χ2n) is 5.83. The summed E-state index contributed by atoms with van der Waals surface area (Å²) >= 11 is 6.73. The van der Waals surface area contributed by atoms with Crippen LogP contribution >= 0.6 is 23.4 Å². The molecule has 0 spiro atoms. The number of benzene rings is 2. The van der Waals surface area contributed by atoms with Crippen molar-refractivity contribution < 1.29 is 23.8 Å². The third-order valence-electron chi connectivity index (χ3n) is 4.08. The predicted octanol–water partition coefficient (Wildman–Crippen LogP) is 3.94. The zero-order chi connectivity index (χ0) is 20.5. The normalized spacial score (nSPS) is 14.3. The van der Waals surface area contributed by atoms with E-state index in [2.05, 4.69) is 15.5 Å². The summed E-state index contributed by atoms with van der Waals surface area (Å²) in [6.45, 7) is 0. The minimum Gasteiger partial charge on any atom is -0.496 e. The molecule has 2 N–H and O–H groups in total. The molecular formula is C19H12ClN3O5S. The topological polar surface area (TPSA) is 115 Å². The Labute approximate surface area is 173 Å². The van der Waals surface area contributed by atoms with E-state index >= 15 is 0 Å². The zero-order valence-corrected chi connectivity index (χ0v) is 16.4. The number of amides is 1. The van der Waals surface area contributed by atoms with Crippen LogP contribution in [0.5, 0.6) is 5.75 Å². The summed E-state index contributed by atoms with van der Waals surface area (Å²) in [5, 5.41) is 20.6. The molecule has 1 aromatic heterocycles. The molecule has 0 bridgehead atoms. The molecule has 8 nitrogen and oxygen atoms in total. The highest BCUT2D eigenvalue weighted by atomic mass is 35.5. The average Bonchev–Trinajstić information content (AvgIpc) is 3.29. The maximum absolute atomic E-state index is 12.4. The van der Waals surface area contributed by atoms with Crippen LogP contribution < -0.4 is 10.1 Å². The molecule has 0 atom stereocenters. The minimum atomic E-state index is -1.28. The second kappa shape index (κ2) is 7.61. The lowest BCUT2D eigenvalue weighted by atomic mass is 10.1. The van der Waals surface area contributed by atoms with Gasteiger partial charge in [0.1, 0.15) is 10.7 Å². The van der Waals surface area contributed by atoms with Crippen molar-refractivity contribution in [1.82, 2.24) is 10.2 Å². The van der Waals surface area contributed by atoms with Crippen LogP contribution in [0.2, 0.25) is 5.02 Å². The fraction of sp³-hybridized carbons (Fsp3) is 0.0526. The van der Waals surface area contributed by atoms with E-state index in [0.717, 1.165) is 0 Å². The number of ether oxygens (including phenoxy) is 1. The van der Waals surface area contributed by atoms with Crippen molar-refractivity contribution in [3.8, 4) is 17.2 Å². The number of aliphatic carboxylic acids is 1. The number of carbonyl (C=O) groups is 2. The Morgan fingerprint density at radius 1 is 1.21 bits per heavy atom. The lowest BCUT2D eigenvalue weighted by Gasteiger charge is -2.05. The van der Waals surface area contributed by atoms with Crippen LogP contribution in [-0.4, -0.2) is 34.3 Å². The smallest absolute Gasteiger partial charge is 0.343 e. The molecule has 1 aliphatic heterocycles. The number of nitrogens with one attached hydrogen (secondary N) is 1. The Balaban J connectivity index is 1.73. The van der Waals surface area contributed by atoms with Gasteiger partial charge in [0.2, 0.25) is 0 Å². The highest BCUT2D eigenvalue weighted by Gasteiger charge is 2.31. The van der Waals surface area contributed by atoms with Crippen molar-refractivity contribution in [2.75, 3.05) is 12.4 Å². The van der Waals surface area contributed by atoms with Gasteiger partial charge in [0, 0.05) is 16.3 Å². The van der Waals surface area contributed by atoms with E-state index in [1.54, 1.807) is 42.5 Å². The minimum absolute atomic E-state index is 0.0379. The molecule has 2 heterocycles. The second-order valence-corrected chi connectivity index (χ2v) is 7.23. The number of nitrogens with zero attached hydrogens (tertiary/aromatic N) is 2. The van der Waals surface area contributed by atoms with Crippen molar-refractivity contribution in [2.45, 2.75) is 5.22 Å². The van der Waals surface area contributed by atoms with Gasteiger partial charge in [-0.2, -0.15) is 0 Å². The molecule has 0 aliphatic carbocycles. The number of carboxylic acid groups (broad SMARTS) is 1. The Morgan fingerprint density at radius 3 is 2.76 bits per heavy atom. The van der Waals surface area contributed by atoms with Crippen LogP contribution in [-0.2, 0) is 9.59 Å². The quantitative estimate of drug-likeness (QED) is 0.463. The maximum atomic E-state index is 12.4. The molecule has 4 rings (SSSR count). The first kappa shape index (κ1) is 19.0. The fourth-order valence-corrected chi connectivity index (χ4v) is 3.78. The number of carboxylic acids is 1. The van der Waals surface area contributed by atoms with Crippen LogP contribution in [0, 0.1) is 0 Å². The van der Waals surface area contributed by atoms with E-state index in [-0.39, 0.29) is 21.6 Å². The third kappa shape index (κ3) is 3.57. The van der Waals surface area contributed by atoms with Crippen molar-refractivity contribution in [3.63, 3.8) is 0 Å². The summed E-state index contributed by atoms with van der Waals surface area (Å²) in [5.41, 5.74) is 1.55. The Bertz CT molecular complexity index is 1170. The van der Waals surface area contributed by atoms with Gasteiger partial charge in [0.15, 0.2) is 0 Å².